The summed E-state index contributed by atoms with van der Waals surface area (Å²) in [6.07, 6.45) is 38.5. The number of carbonyl (C=O) groups is 2. The molecule has 0 saturated heterocycles. The highest BCUT2D eigenvalue weighted by atomic mass is 31.2. The van der Waals surface area contributed by atoms with Crippen molar-refractivity contribution in [3.63, 3.8) is 0 Å². The quantitative estimate of drug-likeness (QED) is 0.0236. The Morgan fingerprint density at radius 1 is 0.556 bits per heavy atom. The first-order chi connectivity index (χ1) is 26.2. The molecule has 0 bridgehead atoms. The van der Waals surface area contributed by atoms with Crippen LogP contribution in [0.25, 0.3) is 0 Å². The zero-order chi connectivity index (χ0) is 39.8. The van der Waals surface area contributed by atoms with Gasteiger partial charge in [0.1, 0.15) is 12.7 Å². The van der Waals surface area contributed by atoms with Crippen molar-refractivity contribution in [2.45, 2.75) is 212 Å². The van der Waals surface area contributed by atoms with Crippen molar-refractivity contribution in [2.24, 2.45) is 0 Å². The van der Waals surface area contributed by atoms with Gasteiger partial charge in [-0.1, -0.05) is 167 Å². The number of esters is 2. The van der Waals surface area contributed by atoms with Crippen LogP contribution in [0.5, 0.6) is 0 Å². The van der Waals surface area contributed by atoms with Crippen LogP contribution in [0.3, 0.4) is 0 Å². The summed E-state index contributed by atoms with van der Waals surface area (Å²) in [7, 11) is -4.62. The second-order valence-corrected chi connectivity index (χ2v) is 16.2. The molecule has 1 unspecified atom stereocenters. The van der Waals surface area contributed by atoms with Gasteiger partial charge in [-0.05, 0) is 44.9 Å². The molecule has 0 aliphatic carbocycles. The van der Waals surface area contributed by atoms with Crippen LogP contribution in [0, 0.1) is 0 Å². The lowest BCUT2D eigenvalue weighted by Gasteiger charge is -2.20. The predicted octanol–water partition coefficient (Wildman–Crippen LogP) is 11.4. The number of phosphoric ester groups is 1. The molecule has 0 fully saturated rings. The van der Waals surface area contributed by atoms with Crippen LogP contribution < -0.4 is 0 Å². The Labute approximate surface area is 329 Å². The molecule has 3 atom stereocenters. The second kappa shape index (κ2) is 39.7. The molecule has 11 heteroatoms. The van der Waals surface area contributed by atoms with Crippen molar-refractivity contribution in [1.82, 2.24) is 0 Å². The lowest BCUT2D eigenvalue weighted by Crippen LogP contribution is -2.29. The van der Waals surface area contributed by atoms with Crippen LogP contribution in [0.15, 0.2) is 24.3 Å². The first-order valence-electron chi connectivity index (χ1n) is 21.8. The van der Waals surface area contributed by atoms with Gasteiger partial charge in [-0.25, -0.2) is 4.57 Å². The summed E-state index contributed by atoms with van der Waals surface area (Å²) in [5.74, 6) is -0.933. The van der Waals surface area contributed by atoms with Gasteiger partial charge in [-0.3, -0.25) is 18.6 Å². The summed E-state index contributed by atoms with van der Waals surface area (Å²) >= 11 is 0. The number of ether oxygens (including phenoxy) is 2. The van der Waals surface area contributed by atoms with Gasteiger partial charge in [0.25, 0.3) is 0 Å². The minimum Gasteiger partial charge on any atom is -0.462 e. The normalized spacial score (nSPS) is 14.1. The standard InChI is InChI=1S/C43H81O10P/c1-3-5-7-9-11-13-15-17-19-21-22-24-26-28-30-32-34-42(46)50-38-41(39-52-54(48,49)51-37-40(45)36-44)53-43(47)35-33-31-29-27-25-23-20-18-16-14-12-10-8-6-4-2/h12,14,18,20,40-41,44-45H,3-11,13,15-17,19,21-39H2,1-2H3,(H,48,49)/b14-12+,20-18+/t40-,41+/m0/s1. The molecule has 10 nitrogen and oxygen atoms in total. The van der Waals surface area contributed by atoms with Crippen LogP contribution in [0.4, 0.5) is 0 Å². The minimum absolute atomic E-state index is 0.171. The van der Waals surface area contributed by atoms with Crippen LogP contribution >= 0.6 is 7.82 Å². The van der Waals surface area contributed by atoms with Crippen molar-refractivity contribution in [1.29, 1.82) is 0 Å². The highest BCUT2D eigenvalue weighted by molar-refractivity contribution is 7.47. The van der Waals surface area contributed by atoms with Gasteiger partial charge in [-0.2, -0.15) is 0 Å². The summed E-state index contributed by atoms with van der Waals surface area (Å²) in [6, 6.07) is 0. The maximum atomic E-state index is 12.6. The predicted molar refractivity (Wildman–Crippen MR) is 219 cm³/mol. The van der Waals surface area contributed by atoms with Gasteiger partial charge in [-0.15, -0.1) is 0 Å². The SMILES string of the molecule is CCCCC/C=C/C/C=C/CCCCCCCC(=O)O[C@H](COC(=O)CCCCCCCCCCCCCCCCCC)COP(=O)(O)OC[C@@H](O)CO. The van der Waals surface area contributed by atoms with Gasteiger partial charge in [0, 0.05) is 12.8 Å². The van der Waals surface area contributed by atoms with Crippen LogP contribution in [0.2, 0.25) is 0 Å². The maximum absolute atomic E-state index is 12.6. The van der Waals surface area contributed by atoms with E-state index in [9.17, 15) is 24.2 Å². The fourth-order valence-corrected chi connectivity index (χ4v) is 6.75. The molecule has 0 amide bonds. The molecule has 3 N–H and O–H groups in total. The van der Waals surface area contributed by atoms with E-state index in [1.54, 1.807) is 0 Å². The van der Waals surface area contributed by atoms with Gasteiger partial charge >= 0.3 is 19.8 Å². The number of carbonyl (C=O) groups excluding carboxylic acids is 2. The molecule has 0 radical (unpaired) electrons. The van der Waals surface area contributed by atoms with E-state index in [1.165, 1.54) is 96.3 Å². The fraction of sp³-hybridized carbons (Fsp3) is 0.860. The number of allylic oxidation sites excluding steroid dienone is 4. The molecular weight excluding hydrogens is 707 g/mol. The van der Waals surface area contributed by atoms with Crippen LogP contribution in [-0.2, 0) is 32.7 Å². The smallest absolute Gasteiger partial charge is 0.462 e. The number of phosphoric acid groups is 1. The largest absolute Gasteiger partial charge is 0.472 e. The first-order valence-corrected chi connectivity index (χ1v) is 23.3. The zero-order valence-corrected chi connectivity index (χ0v) is 35.3. The number of aliphatic hydroxyl groups excluding tert-OH is 2. The van der Waals surface area contributed by atoms with Crippen molar-refractivity contribution in [2.75, 3.05) is 26.4 Å². The Balaban J connectivity index is 4.29. The molecule has 0 saturated carbocycles. The lowest BCUT2D eigenvalue weighted by molar-refractivity contribution is -0.161. The summed E-state index contributed by atoms with van der Waals surface area (Å²) in [4.78, 5) is 35.0. The van der Waals surface area contributed by atoms with Crippen molar-refractivity contribution < 1.29 is 47.8 Å². The highest BCUT2D eigenvalue weighted by Crippen LogP contribution is 2.43. The van der Waals surface area contributed by atoms with Crippen LogP contribution in [0.1, 0.15) is 200 Å². The number of aliphatic hydroxyl groups is 2. The Hall–Kier alpha value is -1.55. The third kappa shape index (κ3) is 38.7. The van der Waals surface area contributed by atoms with E-state index in [0.717, 1.165) is 64.2 Å². The van der Waals surface area contributed by atoms with E-state index < -0.39 is 51.8 Å². The molecular formula is C43H81O10P. The molecule has 0 rings (SSSR count). The highest BCUT2D eigenvalue weighted by Gasteiger charge is 2.27. The molecule has 0 aromatic carbocycles. The number of hydrogen-bond acceptors (Lipinski definition) is 9. The Morgan fingerprint density at radius 3 is 1.46 bits per heavy atom. The molecule has 0 spiro atoms. The lowest BCUT2D eigenvalue weighted by atomic mass is 10.0. The number of hydrogen-bond donors (Lipinski definition) is 3. The number of rotatable bonds is 41. The monoisotopic (exact) mass is 789 g/mol. The van der Waals surface area contributed by atoms with Crippen molar-refractivity contribution in [3.05, 3.63) is 24.3 Å². The van der Waals surface area contributed by atoms with E-state index in [2.05, 4.69) is 42.7 Å². The van der Waals surface area contributed by atoms with E-state index in [1.807, 2.05) is 0 Å². The Bertz CT molecular complexity index is 957. The third-order valence-electron chi connectivity index (χ3n) is 9.36. The average Bonchev–Trinajstić information content (AvgIpc) is 3.16. The second-order valence-electron chi connectivity index (χ2n) is 14.7. The van der Waals surface area contributed by atoms with E-state index >= 15 is 0 Å². The summed E-state index contributed by atoms with van der Waals surface area (Å²) < 4.78 is 32.7. The maximum Gasteiger partial charge on any atom is 0.472 e. The third-order valence-corrected chi connectivity index (χ3v) is 10.3. The summed E-state index contributed by atoms with van der Waals surface area (Å²) in [6.45, 7) is 2.36. The van der Waals surface area contributed by atoms with Gasteiger partial charge in [0.15, 0.2) is 6.10 Å². The minimum atomic E-state index is -4.62. The van der Waals surface area contributed by atoms with Crippen LogP contribution in [-0.4, -0.2) is 65.7 Å². The molecule has 0 heterocycles. The molecule has 0 aliphatic rings. The fourth-order valence-electron chi connectivity index (χ4n) is 5.96. The summed E-state index contributed by atoms with van der Waals surface area (Å²) in [5, 5.41) is 18.3. The number of unbranched alkanes of at least 4 members (excludes halogenated alkanes) is 23. The Kier molecular flexibility index (Phi) is 38.5. The Morgan fingerprint density at radius 2 is 0.963 bits per heavy atom. The first kappa shape index (κ1) is 52.5. The molecule has 318 valence electrons. The zero-order valence-electron chi connectivity index (χ0n) is 34.4. The summed E-state index contributed by atoms with van der Waals surface area (Å²) in [5.41, 5.74) is 0. The molecule has 0 aliphatic heterocycles. The molecule has 54 heavy (non-hydrogen) atoms. The average molecular weight is 789 g/mol. The van der Waals surface area contributed by atoms with Gasteiger partial charge in [0.2, 0.25) is 0 Å². The molecule has 0 aromatic heterocycles. The van der Waals surface area contributed by atoms with Crippen molar-refractivity contribution in [3.8, 4) is 0 Å². The van der Waals surface area contributed by atoms with E-state index in [-0.39, 0.29) is 19.4 Å². The molecule has 0 aromatic rings. The van der Waals surface area contributed by atoms with E-state index in [0.29, 0.717) is 12.8 Å². The van der Waals surface area contributed by atoms with Crippen molar-refractivity contribution >= 4 is 19.8 Å². The van der Waals surface area contributed by atoms with E-state index in [4.69, 9.17) is 19.1 Å². The van der Waals surface area contributed by atoms with Gasteiger partial charge in [0.05, 0.1) is 19.8 Å². The van der Waals surface area contributed by atoms with Gasteiger partial charge < -0.3 is 24.6 Å². The topological polar surface area (TPSA) is 149 Å².